The second-order valence-corrected chi connectivity index (χ2v) is 5.10. The quantitative estimate of drug-likeness (QED) is 0.740. The number of hydrogen-bond donors (Lipinski definition) is 3. The number of nitrogens with one attached hydrogen (secondary N) is 1. The van der Waals surface area contributed by atoms with Gasteiger partial charge >= 0.3 is 5.97 Å². The highest BCUT2D eigenvalue weighted by molar-refractivity contribution is 9.10. The van der Waals surface area contributed by atoms with Gasteiger partial charge in [0.2, 0.25) is 0 Å². The number of benzene rings is 2. The first-order chi connectivity index (χ1) is 9.88. The van der Waals surface area contributed by atoms with Crippen molar-refractivity contribution in [3.8, 4) is 0 Å². The molecule has 21 heavy (non-hydrogen) atoms. The van der Waals surface area contributed by atoms with E-state index >= 15 is 0 Å². The van der Waals surface area contributed by atoms with E-state index in [-0.39, 0.29) is 22.5 Å². The summed E-state index contributed by atoms with van der Waals surface area (Å²) in [6.45, 7) is 0. The molecule has 0 aromatic heterocycles. The number of halogens is 2. The van der Waals surface area contributed by atoms with Crippen molar-refractivity contribution < 1.29 is 19.1 Å². The van der Waals surface area contributed by atoms with E-state index in [0.29, 0.717) is 4.47 Å². The van der Waals surface area contributed by atoms with Crippen LogP contribution in [0.2, 0.25) is 0 Å². The standard InChI is InChI=1S/C14H10BrFN2O3/c15-8-4-7(14(20)21)5-9(6-8)18-13(19)10-2-1-3-11(16)12(10)17/h1-6H,17H2,(H,18,19)(H,20,21). The molecule has 108 valence electrons. The molecule has 0 aliphatic heterocycles. The van der Waals surface area contributed by atoms with Crippen LogP contribution in [-0.4, -0.2) is 17.0 Å². The van der Waals surface area contributed by atoms with Gasteiger partial charge in [0.05, 0.1) is 16.8 Å². The van der Waals surface area contributed by atoms with E-state index < -0.39 is 17.7 Å². The molecule has 1 amide bonds. The van der Waals surface area contributed by atoms with Gasteiger partial charge in [-0.25, -0.2) is 9.18 Å². The minimum atomic E-state index is -1.13. The number of amides is 1. The predicted octanol–water partition coefficient (Wildman–Crippen LogP) is 3.12. The summed E-state index contributed by atoms with van der Waals surface area (Å²) < 4.78 is 13.8. The van der Waals surface area contributed by atoms with Crippen molar-refractivity contribution in [2.24, 2.45) is 0 Å². The van der Waals surface area contributed by atoms with E-state index in [1.54, 1.807) is 0 Å². The number of hydrogen-bond acceptors (Lipinski definition) is 3. The van der Waals surface area contributed by atoms with Crippen LogP contribution in [0, 0.1) is 5.82 Å². The van der Waals surface area contributed by atoms with E-state index in [1.165, 1.54) is 30.3 Å². The summed E-state index contributed by atoms with van der Waals surface area (Å²) in [6, 6.07) is 8.11. The summed E-state index contributed by atoms with van der Waals surface area (Å²) in [5, 5.41) is 11.4. The number of carbonyl (C=O) groups excluding carboxylic acids is 1. The normalized spacial score (nSPS) is 10.2. The van der Waals surface area contributed by atoms with Gasteiger partial charge in [0.25, 0.3) is 5.91 Å². The predicted molar refractivity (Wildman–Crippen MR) is 79.9 cm³/mol. The van der Waals surface area contributed by atoms with Gasteiger partial charge in [-0.05, 0) is 30.3 Å². The van der Waals surface area contributed by atoms with Gasteiger partial charge in [-0.3, -0.25) is 4.79 Å². The number of carbonyl (C=O) groups is 2. The third-order valence-electron chi connectivity index (χ3n) is 2.70. The minimum absolute atomic E-state index is 0.00638. The van der Waals surface area contributed by atoms with Gasteiger partial charge < -0.3 is 16.2 Å². The molecule has 2 aromatic rings. The number of nitrogens with two attached hydrogens (primary N) is 1. The number of anilines is 2. The monoisotopic (exact) mass is 352 g/mol. The average molecular weight is 353 g/mol. The fourth-order valence-electron chi connectivity index (χ4n) is 1.72. The molecule has 0 unspecified atom stereocenters. The Morgan fingerprint density at radius 2 is 1.95 bits per heavy atom. The molecule has 0 aliphatic rings. The van der Waals surface area contributed by atoms with Crippen LogP contribution in [0.1, 0.15) is 20.7 Å². The summed E-state index contributed by atoms with van der Waals surface area (Å²) >= 11 is 3.15. The maximum Gasteiger partial charge on any atom is 0.335 e. The second-order valence-electron chi connectivity index (χ2n) is 4.19. The van der Waals surface area contributed by atoms with Gasteiger partial charge in [0, 0.05) is 10.2 Å². The fraction of sp³-hybridized carbons (Fsp3) is 0. The Balaban J connectivity index is 2.31. The van der Waals surface area contributed by atoms with Crippen molar-refractivity contribution in [2.45, 2.75) is 0 Å². The van der Waals surface area contributed by atoms with Gasteiger partial charge in [0.1, 0.15) is 5.82 Å². The Morgan fingerprint density at radius 3 is 2.62 bits per heavy atom. The molecule has 0 bridgehead atoms. The van der Waals surface area contributed by atoms with E-state index in [1.807, 2.05) is 0 Å². The lowest BCUT2D eigenvalue weighted by atomic mass is 10.1. The Bertz CT molecular complexity index is 734. The van der Waals surface area contributed by atoms with Crippen LogP contribution in [0.15, 0.2) is 40.9 Å². The fourth-order valence-corrected chi connectivity index (χ4v) is 2.21. The van der Waals surface area contributed by atoms with Crippen LogP contribution < -0.4 is 11.1 Å². The van der Waals surface area contributed by atoms with E-state index in [0.717, 1.165) is 6.07 Å². The van der Waals surface area contributed by atoms with Gasteiger partial charge in [-0.1, -0.05) is 22.0 Å². The van der Waals surface area contributed by atoms with Crippen LogP contribution in [0.5, 0.6) is 0 Å². The Labute approximate surface area is 127 Å². The average Bonchev–Trinajstić information content (AvgIpc) is 2.41. The third kappa shape index (κ3) is 3.38. The van der Waals surface area contributed by atoms with E-state index in [4.69, 9.17) is 10.8 Å². The molecule has 5 nitrogen and oxygen atoms in total. The molecule has 2 aromatic carbocycles. The summed E-state index contributed by atoms with van der Waals surface area (Å²) in [7, 11) is 0. The molecule has 0 radical (unpaired) electrons. The second kappa shape index (κ2) is 5.92. The van der Waals surface area contributed by atoms with Gasteiger partial charge in [-0.15, -0.1) is 0 Å². The van der Waals surface area contributed by atoms with Crippen LogP contribution >= 0.6 is 15.9 Å². The highest BCUT2D eigenvalue weighted by Gasteiger charge is 2.14. The van der Waals surface area contributed by atoms with Crippen LogP contribution in [0.4, 0.5) is 15.8 Å². The molecule has 7 heteroatoms. The summed E-state index contributed by atoms with van der Waals surface area (Å²) in [5.74, 6) is -2.44. The SMILES string of the molecule is Nc1c(F)cccc1C(=O)Nc1cc(Br)cc(C(=O)O)c1. The molecular weight excluding hydrogens is 343 g/mol. The number of carboxylic acids is 1. The van der Waals surface area contributed by atoms with Crippen molar-refractivity contribution in [1.82, 2.24) is 0 Å². The molecule has 0 fully saturated rings. The molecule has 0 saturated carbocycles. The Kier molecular flexibility index (Phi) is 4.23. The van der Waals surface area contributed by atoms with Crippen molar-refractivity contribution in [3.05, 3.63) is 57.8 Å². The topological polar surface area (TPSA) is 92.4 Å². The number of aromatic carboxylic acids is 1. The van der Waals surface area contributed by atoms with Crippen molar-refractivity contribution in [2.75, 3.05) is 11.1 Å². The summed E-state index contributed by atoms with van der Waals surface area (Å²) in [5.41, 5.74) is 5.49. The molecule has 0 saturated heterocycles. The van der Waals surface area contributed by atoms with Crippen molar-refractivity contribution in [3.63, 3.8) is 0 Å². The van der Waals surface area contributed by atoms with Crippen LogP contribution in [-0.2, 0) is 0 Å². The van der Waals surface area contributed by atoms with Crippen LogP contribution in [0.25, 0.3) is 0 Å². The third-order valence-corrected chi connectivity index (χ3v) is 3.16. The highest BCUT2D eigenvalue weighted by atomic mass is 79.9. The first kappa shape index (κ1) is 15.0. The summed E-state index contributed by atoms with van der Waals surface area (Å²) in [6.07, 6.45) is 0. The lowest BCUT2D eigenvalue weighted by molar-refractivity contribution is 0.0696. The number of carboxylic acid groups (broad SMARTS) is 1. The number of para-hydroxylation sites is 1. The summed E-state index contributed by atoms with van der Waals surface area (Å²) in [4.78, 5) is 23.0. The van der Waals surface area contributed by atoms with E-state index in [2.05, 4.69) is 21.2 Å². The minimum Gasteiger partial charge on any atom is -0.478 e. The highest BCUT2D eigenvalue weighted by Crippen LogP contribution is 2.22. The van der Waals surface area contributed by atoms with Gasteiger partial charge in [-0.2, -0.15) is 0 Å². The molecule has 4 N–H and O–H groups in total. The zero-order valence-electron chi connectivity index (χ0n) is 10.6. The molecule has 0 aliphatic carbocycles. The lowest BCUT2D eigenvalue weighted by Gasteiger charge is -2.09. The molecule has 2 rings (SSSR count). The molecule has 0 heterocycles. The van der Waals surface area contributed by atoms with Crippen LogP contribution in [0.3, 0.4) is 0 Å². The first-order valence-corrected chi connectivity index (χ1v) is 6.57. The van der Waals surface area contributed by atoms with E-state index in [9.17, 15) is 14.0 Å². The molecule has 0 atom stereocenters. The number of rotatable bonds is 3. The largest absolute Gasteiger partial charge is 0.478 e. The lowest BCUT2D eigenvalue weighted by Crippen LogP contribution is -2.15. The maximum atomic E-state index is 13.3. The molecular formula is C14H10BrFN2O3. The maximum absolute atomic E-state index is 13.3. The Morgan fingerprint density at radius 1 is 1.24 bits per heavy atom. The zero-order chi connectivity index (χ0) is 15.6. The first-order valence-electron chi connectivity index (χ1n) is 5.77. The van der Waals surface area contributed by atoms with Crippen molar-refractivity contribution in [1.29, 1.82) is 0 Å². The van der Waals surface area contributed by atoms with Gasteiger partial charge in [0.15, 0.2) is 0 Å². The molecule has 0 spiro atoms. The zero-order valence-corrected chi connectivity index (χ0v) is 12.1. The number of nitrogen functional groups attached to an aromatic ring is 1. The smallest absolute Gasteiger partial charge is 0.335 e. The van der Waals surface area contributed by atoms with Crippen molar-refractivity contribution >= 4 is 39.2 Å². The Hall–Kier alpha value is -2.41.